The van der Waals surface area contributed by atoms with Crippen molar-refractivity contribution in [1.82, 2.24) is 0 Å². The van der Waals surface area contributed by atoms with Crippen molar-refractivity contribution in [1.29, 1.82) is 0 Å². The first-order valence-corrected chi connectivity index (χ1v) is 4.70. The molecule has 0 aliphatic carbocycles. The van der Waals surface area contributed by atoms with Crippen molar-refractivity contribution in [3.8, 4) is 0 Å². The molecule has 0 aliphatic heterocycles. The van der Waals surface area contributed by atoms with Crippen molar-refractivity contribution >= 4 is 16.5 Å². The maximum Gasteiger partial charge on any atom is 1.00 e. The summed E-state index contributed by atoms with van der Waals surface area (Å²) in [6.07, 6.45) is 1.83. The van der Waals surface area contributed by atoms with Crippen LogP contribution < -0.4 is 29.6 Å². The van der Waals surface area contributed by atoms with Gasteiger partial charge in [-0.1, -0.05) is 43.0 Å². The van der Waals surface area contributed by atoms with Crippen LogP contribution in [0.5, 0.6) is 0 Å². The van der Waals surface area contributed by atoms with Crippen LogP contribution >= 0.6 is 0 Å². The van der Waals surface area contributed by atoms with Crippen LogP contribution in [-0.4, -0.2) is 17.5 Å². The van der Waals surface area contributed by atoms with E-state index in [0.717, 1.165) is 0 Å². The molecule has 14 heavy (non-hydrogen) atoms. The standard InChI is InChI=1S/C8H8.Na.H2O4S.H/c1-2-8-6-4-3-5-7-8;;1-5(2,3)4;/h2-7H,1H2;;(H2,1,2,3,4);/q;+1;;-1. The average molecular weight is 226 g/mol. The molecule has 0 fully saturated rings. The van der Waals surface area contributed by atoms with E-state index in [0.29, 0.717) is 0 Å². The van der Waals surface area contributed by atoms with Gasteiger partial charge in [0.2, 0.25) is 0 Å². The van der Waals surface area contributed by atoms with Gasteiger partial charge in [-0.25, -0.2) is 0 Å². The van der Waals surface area contributed by atoms with Crippen LogP contribution in [0.1, 0.15) is 6.99 Å². The number of hydrogen-bond acceptors (Lipinski definition) is 2. The van der Waals surface area contributed by atoms with Crippen LogP contribution in [0.3, 0.4) is 0 Å². The van der Waals surface area contributed by atoms with Crippen LogP contribution in [0.15, 0.2) is 36.9 Å². The predicted octanol–water partition coefficient (Wildman–Crippen LogP) is -1.21. The largest absolute Gasteiger partial charge is 1.00 e. The van der Waals surface area contributed by atoms with Gasteiger partial charge < -0.3 is 1.43 Å². The van der Waals surface area contributed by atoms with E-state index in [1.165, 1.54) is 5.56 Å². The minimum absolute atomic E-state index is 0. The van der Waals surface area contributed by atoms with Crippen LogP contribution in [0.4, 0.5) is 0 Å². The molecule has 0 bridgehead atoms. The van der Waals surface area contributed by atoms with Crippen molar-refractivity contribution in [3.05, 3.63) is 42.5 Å². The molecule has 0 atom stereocenters. The molecule has 0 amide bonds. The smallest absolute Gasteiger partial charge is 1.00 e. The van der Waals surface area contributed by atoms with Gasteiger partial charge in [0.25, 0.3) is 0 Å². The summed E-state index contributed by atoms with van der Waals surface area (Å²) < 4.78 is 31.6. The average Bonchev–Trinajstić information content (AvgIpc) is 2.03. The van der Waals surface area contributed by atoms with E-state index in [2.05, 4.69) is 6.58 Å². The molecule has 0 aromatic heterocycles. The molecule has 74 valence electrons. The van der Waals surface area contributed by atoms with Crippen LogP contribution in [0.25, 0.3) is 6.08 Å². The summed E-state index contributed by atoms with van der Waals surface area (Å²) in [5.74, 6) is 0. The van der Waals surface area contributed by atoms with E-state index in [-0.39, 0.29) is 31.0 Å². The topological polar surface area (TPSA) is 74.6 Å². The molecular weight excluding hydrogens is 215 g/mol. The molecule has 0 aliphatic rings. The zero-order chi connectivity index (χ0) is 10.3. The Morgan fingerprint density at radius 1 is 1.21 bits per heavy atom. The second kappa shape index (κ2) is 8.16. The predicted molar refractivity (Wildman–Crippen MR) is 51.8 cm³/mol. The summed E-state index contributed by atoms with van der Waals surface area (Å²) >= 11 is 0. The van der Waals surface area contributed by atoms with E-state index in [9.17, 15) is 0 Å². The van der Waals surface area contributed by atoms with Crippen molar-refractivity contribution in [2.75, 3.05) is 0 Å². The monoisotopic (exact) mass is 226 g/mol. The Kier molecular flexibility index (Phi) is 9.49. The van der Waals surface area contributed by atoms with Gasteiger partial charge in [0, 0.05) is 0 Å². The number of benzene rings is 1. The van der Waals surface area contributed by atoms with Crippen molar-refractivity contribution in [2.24, 2.45) is 0 Å². The van der Waals surface area contributed by atoms with E-state index in [1.807, 2.05) is 36.4 Å². The molecule has 0 spiro atoms. The minimum atomic E-state index is -4.67. The second-order valence-electron chi connectivity index (χ2n) is 2.06. The SMILES string of the molecule is C=Cc1ccccc1.O=S(=O)(O)O.[H-].[Na+]. The summed E-state index contributed by atoms with van der Waals surface area (Å²) in [7, 11) is -4.67. The summed E-state index contributed by atoms with van der Waals surface area (Å²) in [4.78, 5) is 0. The van der Waals surface area contributed by atoms with Gasteiger partial charge in [0.1, 0.15) is 0 Å². The molecule has 2 N–H and O–H groups in total. The van der Waals surface area contributed by atoms with Crippen molar-refractivity contribution < 1.29 is 48.5 Å². The van der Waals surface area contributed by atoms with Gasteiger partial charge in [0.15, 0.2) is 0 Å². The van der Waals surface area contributed by atoms with Crippen LogP contribution in [0.2, 0.25) is 0 Å². The van der Waals surface area contributed by atoms with Gasteiger partial charge in [0.05, 0.1) is 0 Å². The summed E-state index contributed by atoms with van der Waals surface area (Å²) in [5, 5.41) is 0. The van der Waals surface area contributed by atoms with Gasteiger partial charge in [-0.15, -0.1) is 0 Å². The Morgan fingerprint density at radius 2 is 1.57 bits per heavy atom. The first kappa shape index (κ1) is 16.3. The second-order valence-corrected chi connectivity index (χ2v) is 2.96. The van der Waals surface area contributed by atoms with E-state index in [1.54, 1.807) is 0 Å². The third-order valence-corrected chi connectivity index (χ3v) is 1.04. The van der Waals surface area contributed by atoms with E-state index >= 15 is 0 Å². The van der Waals surface area contributed by atoms with Crippen LogP contribution in [0, 0.1) is 0 Å². The van der Waals surface area contributed by atoms with Gasteiger partial charge in [-0.05, 0) is 5.56 Å². The molecule has 0 heterocycles. The first-order valence-electron chi connectivity index (χ1n) is 3.31. The Morgan fingerprint density at radius 3 is 1.79 bits per heavy atom. The minimum Gasteiger partial charge on any atom is -1.00 e. The van der Waals surface area contributed by atoms with Crippen LogP contribution in [-0.2, 0) is 10.4 Å². The Bertz CT molecular complexity index is 344. The molecule has 1 aromatic carbocycles. The molecule has 4 nitrogen and oxygen atoms in total. The van der Waals surface area contributed by atoms with Crippen molar-refractivity contribution in [2.45, 2.75) is 0 Å². The van der Waals surface area contributed by atoms with Gasteiger partial charge >= 0.3 is 40.0 Å². The summed E-state index contributed by atoms with van der Waals surface area (Å²) in [6.45, 7) is 3.63. The Balaban J connectivity index is -0.000000185. The normalized spacial score (nSPS) is 9.00. The summed E-state index contributed by atoms with van der Waals surface area (Å²) in [6, 6.07) is 10.0. The number of rotatable bonds is 1. The molecule has 1 aromatic rings. The zero-order valence-corrected chi connectivity index (χ0v) is 10.6. The summed E-state index contributed by atoms with van der Waals surface area (Å²) in [5.41, 5.74) is 1.17. The fourth-order valence-corrected chi connectivity index (χ4v) is 0.589. The Labute approximate surface area is 107 Å². The van der Waals surface area contributed by atoms with Crippen molar-refractivity contribution in [3.63, 3.8) is 0 Å². The third kappa shape index (κ3) is 14.4. The molecule has 1 rings (SSSR count). The molecular formula is C8H11NaO4S. The first-order chi connectivity index (χ1) is 5.93. The fourth-order valence-electron chi connectivity index (χ4n) is 0.589. The molecule has 6 heteroatoms. The quantitative estimate of drug-likeness (QED) is 0.465. The number of hydrogen-bond donors (Lipinski definition) is 2. The molecule has 0 saturated heterocycles. The third-order valence-electron chi connectivity index (χ3n) is 1.04. The molecule has 0 unspecified atom stereocenters. The van der Waals surface area contributed by atoms with Gasteiger partial charge in [-0.2, -0.15) is 8.42 Å². The Hall–Kier alpha value is -0.170. The van der Waals surface area contributed by atoms with Gasteiger partial charge in [-0.3, -0.25) is 9.11 Å². The fraction of sp³-hybridized carbons (Fsp3) is 0. The maximum atomic E-state index is 8.74. The molecule has 0 saturated carbocycles. The zero-order valence-electron chi connectivity index (χ0n) is 8.79. The maximum absolute atomic E-state index is 8.74. The van der Waals surface area contributed by atoms with E-state index in [4.69, 9.17) is 17.5 Å². The van der Waals surface area contributed by atoms with E-state index < -0.39 is 10.4 Å². The molecule has 0 radical (unpaired) electrons.